The van der Waals surface area contributed by atoms with Crippen molar-refractivity contribution in [2.75, 3.05) is 13.1 Å². The van der Waals surface area contributed by atoms with Gasteiger partial charge in [-0.2, -0.15) is 0 Å². The first-order valence-corrected chi connectivity index (χ1v) is 5.02. The van der Waals surface area contributed by atoms with Gasteiger partial charge in [0.25, 0.3) is 0 Å². The minimum absolute atomic E-state index is 0.00243. The van der Waals surface area contributed by atoms with Gasteiger partial charge in [-0.15, -0.1) is 0 Å². The maximum atomic E-state index is 11.3. The molecule has 5 nitrogen and oxygen atoms in total. The third kappa shape index (κ3) is 3.71. The van der Waals surface area contributed by atoms with Crippen molar-refractivity contribution in [1.29, 1.82) is 0 Å². The fraction of sp³-hybridized carbons (Fsp3) is 0.600. The van der Waals surface area contributed by atoms with Crippen LogP contribution in [0.2, 0.25) is 0 Å². The molecule has 1 rings (SSSR count). The van der Waals surface area contributed by atoms with Crippen molar-refractivity contribution in [2.24, 2.45) is 0 Å². The zero-order valence-electron chi connectivity index (χ0n) is 8.75. The Hall–Kier alpha value is -1.36. The van der Waals surface area contributed by atoms with E-state index in [2.05, 4.69) is 10.6 Å². The molecule has 0 bridgehead atoms. The van der Waals surface area contributed by atoms with Gasteiger partial charge in [0.05, 0.1) is 6.04 Å². The van der Waals surface area contributed by atoms with Crippen LogP contribution < -0.4 is 10.6 Å². The van der Waals surface area contributed by atoms with E-state index in [0.717, 1.165) is 19.4 Å². The molecule has 0 aromatic carbocycles. The number of carboxylic acid groups (broad SMARTS) is 1. The highest BCUT2D eigenvalue weighted by molar-refractivity contribution is 5.85. The molecule has 0 spiro atoms. The SMILES string of the molecule is CC(=CCNC1CCCNC1=O)C(=O)O. The van der Waals surface area contributed by atoms with E-state index in [1.807, 2.05) is 0 Å². The normalized spacial score (nSPS) is 22.3. The molecule has 3 N–H and O–H groups in total. The van der Waals surface area contributed by atoms with Gasteiger partial charge in [0, 0.05) is 18.7 Å². The molecule has 1 fully saturated rings. The summed E-state index contributed by atoms with van der Waals surface area (Å²) < 4.78 is 0. The predicted molar refractivity (Wildman–Crippen MR) is 55.4 cm³/mol. The third-order valence-corrected chi connectivity index (χ3v) is 2.40. The summed E-state index contributed by atoms with van der Waals surface area (Å²) in [6.07, 6.45) is 3.35. The summed E-state index contributed by atoms with van der Waals surface area (Å²) in [6, 6.07) is -0.184. The Balaban J connectivity index is 2.33. The van der Waals surface area contributed by atoms with Crippen LogP contribution in [0.15, 0.2) is 11.6 Å². The quantitative estimate of drug-likeness (QED) is 0.568. The second kappa shape index (κ2) is 5.50. The summed E-state index contributed by atoms with van der Waals surface area (Å²) in [5, 5.41) is 14.4. The highest BCUT2D eigenvalue weighted by Crippen LogP contribution is 2.02. The summed E-state index contributed by atoms with van der Waals surface area (Å²) in [6.45, 7) is 2.68. The second-order valence-corrected chi connectivity index (χ2v) is 3.59. The smallest absolute Gasteiger partial charge is 0.330 e. The van der Waals surface area contributed by atoms with Crippen molar-refractivity contribution in [3.8, 4) is 0 Å². The average Bonchev–Trinajstić information content (AvgIpc) is 2.20. The van der Waals surface area contributed by atoms with Crippen LogP contribution in [0.3, 0.4) is 0 Å². The first kappa shape index (κ1) is 11.7. The van der Waals surface area contributed by atoms with Crippen molar-refractivity contribution in [2.45, 2.75) is 25.8 Å². The molecule has 15 heavy (non-hydrogen) atoms. The molecular weight excluding hydrogens is 196 g/mol. The number of hydrogen-bond donors (Lipinski definition) is 3. The Morgan fingerprint density at radius 3 is 3.07 bits per heavy atom. The van der Waals surface area contributed by atoms with Gasteiger partial charge in [-0.25, -0.2) is 4.79 Å². The highest BCUT2D eigenvalue weighted by Gasteiger charge is 2.20. The van der Waals surface area contributed by atoms with Gasteiger partial charge in [-0.05, 0) is 19.8 Å². The van der Waals surface area contributed by atoms with Crippen LogP contribution in [0.1, 0.15) is 19.8 Å². The first-order valence-electron chi connectivity index (χ1n) is 5.02. The zero-order valence-corrected chi connectivity index (χ0v) is 8.75. The van der Waals surface area contributed by atoms with E-state index in [4.69, 9.17) is 5.11 Å². The van der Waals surface area contributed by atoms with Gasteiger partial charge >= 0.3 is 5.97 Å². The summed E-state index contributed by atoms with van der Waals surface area (Å²) in [5.41, 5.74) is 0.290. The topological polar surface area (TPSA) is 78.4 Å². The van der Waals surface area contributed by atoms with Gasteiger partial charge in [0.2, 0.25) is 5.91 Å². The van der Waals surface area contributed by atoms with E-state index in [1.165, 1.54) is 6.92 Å². The van der Waals surface area contributed by atoms with Gasteiger partial charge < -0.3 is 15.7 Å². The molecule has 1 aliphatic heterocycles. The van der Waals surface area contributed by atoms with Crippen LogP contribution in [0.5, 0.6) is 0 Å². The van der Waals surface area contributed by atoms with Crippen LogP contribution in [-0.2, 0) is 9.59 Å². The van der Waals surface area contributed by atoms with Gasteiger partial charge in [0.1, 0.15) is 0 Å². The number of hydrogen-bond acceptors (Lipinski definition) is 3. The molecule has 84 valence electrons. The molecule has 5 heteroatoms. The number of carbonyl (C=O) groups is 2. The molecule has 1 atom stereocenters. The summed E-state index contributed by atoms with van der Waals surface area (Å²) in [5.74, 6) is -0.924. The first-order chi connectivity index (χ1) is 7.11. The number of carboxylic acids is 1. The Bertz CT molecular complexity index is 286. The van der Waals surface area contributed by atoms with E-state index in [1.54, 1.807) is 6.08 Å². The molecule has 1 heterocycles. The molecule has 0 saturated carbocycles. The summed E-state index contributed by atoms with van der Waals surface area (Å²) >= 11 is 0. The number of rotatable bonds is 4. The Morgan fingerprint density at radius 1 is 1.73 bits per heavy atom. The van der Waals surface area contributed by atoms with Crippen molar-refractivity contribution in [1.82, 2.24) is 10.6 Å². The molecule has 1 unspecified atom stereocenters. The predicted octanol–water partition coefficient (Wildman–Crippen LogP) is -0.114. The van der Waals surface area contributed by atoms with E-state index in [-0.39, 0.29) is 11.9 Å². The summed E-state index contributed by atoms with van der Waals surface area (Å²) in [7, 11) is 0. The molecule has 1 saturated heterocycles. The van der Waals surface area contributed by atoms with Gasteiger partial charge in [-0.3, -0.25) is 4.79 Å². The maximum absolute atomic E-state index is 11.3. The Morgan fingerprint density at radius 2 is 2.47 bits per heavy atom. The van der Waals surface area contributed by atoms with Crippen LogP contribution in [0.25, 0.3) is 0 Å². The van der Waals surface area contributed by atoms with E-state index >= 15 is 0 Å². The fourth-order valence-electron chi connectivity index (χ4n) is 1.41. The number of aliphatic carboxylic acids is 1. The van der Waals surface area contributed by atoms with Crippen LogP contribution in [0, 0.1) is 0 Å². The number of piperidine rings is 1. The lowest BCUT2D eigenvalue weighted by molar-refractivity contribution is -0.132. The largest absolute Gasteiger partial charge is 0.478 e. The van der Waals surface area contributed by atoms with Crippen LogP contribution >= 0.6 is 0 Å². The monoisotopic (exact) mass is 212 g/mol. The number of nitrogens with one attached hydrogen (secondary N) is 2. The van der Waals surface area contributed by atoms with Crippen molar-refractivity contribution in [3.05, 3.63) is 11.6 Å². The lowest BCUT2D eigenvalue weighted by Gasteiger charge is -2.22. The number of carbonyl (C=O) groups excluding carboxylic acids is 1. The molecule has 0 aromatic rings. The lowest BCUT2D eigenvalue weighted by Crippen LogP contribution is -2.48. The highest BCUT2D eigenvalue weighted by atomic mass is 16.4. The average molecular weight is 212 g/mol. The molecule has 0 radical (unpaired) electrons. The van der Waals surface area contributed by atoms with Gasteiger partial charge in [-0.1, -0.05) is 6.08 Å². The Kier molecular flexibility index (Phi) is 4.30. The molecular formula is C10H16N2O3. The fourth-order valence-corrected chi connectivity index (χ4v) is 1.41. The Labute approximate surface area is 88.5 Å². The van der Waals surface area contributed by atoms with Gasteiger partial charge in [0.15, 0.2) is 0 Å². The second-order valence-electron chi connectivity index (χ2n) is 3.59. The number of amides is 1. The van der Waals surface area contributed by atoms with Crippen molar-refractivity contribution < 1.29 is 14.7 Å². The van der Waals surface area contributed by atoms with E-state index in [0.29, 0.717) is 12.1 Å². The van der Waals surface area contributed by atoms with Crippen molar-refractivity contribution in [3.63, 3.8) is 0 Å². The molecule has 1 aliphatic rings. The van der Waals surface area contributed by atoms with Crippen LogP contribution in [-0.4, -0.2) is 36.1 Å². The van der Waals surface area contributed by atoms with Crippen molar-refractivity contribution >= 4 is 11.9 Å². The van der Waals surface area contributed by atoms with E-state index in [9.17, 15) is 9.59 Å². The molecule has 1 amide bonds. The maximum Gasteiger partial charge on any atom is 0.330 e. The lowest BCUT2D eigenvalue weighted by atomic mass is 10.1. The third-order valence-electron chi connectivity index (χ3n) is 2.40. The minimum Gasteiger partial charge on any atom is -0.478 e. The standard InChI is InChI=1S/C10H16N2O3/c1-7(10(14)15)4-6-11-8-3-2-5-12-9(8)13/h4,8,11H,2-3,5-6H2,1H3,(H,12,13)(H,14,15). The van der Waals surface area contributed by atoms with Crippen LogP contribution in [0.4, 0.5) is 0 Å². The van der Waals surface area contributed by atoms with E-state index < -0.39 is 5.97 Å². The summed E-state index contributed by atoms with van der Waals surface area (Å²) in [4.78, 5) is 21.8. The zero-order chi connectivity index (χ0) is 11.3. The molecule has 0 aliphatic carbocycles. The minimum atomic E-state index is -0.926. The molecule has 0 aromatic heterocycles.